The topological polar surface area (TPSA) is 116 Å². The fraction of sp³-hybridized carbons (Fsp3) is 0.857. The van der Waals surface area contributed by atoms with Gasteiger partial charge in [0.05, 0.1) is 19.8 Å². The van der Waals surface area contributed by atoms with Crippen molar-refractivity contribution < 1.29 is 35.0 Å². The molecule has 0 aromatic carbocycles. The van der Waals surface area contributed by atoms with Crippen LogP contribution in [0.4, 0.5) is 4.79 Å². The summed E-state index contributed by atoms with van der Waals surface area (Å²) in [7, 11) is 0. The first-order valence-electron chi connectivity index (χ1n) is 4.00. The first kappa shape index (κ1) is 15.6. The smallest absolute Gasteiger partial charge is 0.448 e. The van der Waals surface area contributed by atoms with Gasteiger partial charge in [-0.05, 0) is 6.42 Å². The van der Waals surface area contributed by atoms with Crippen molar-refractivity contribution in [3.8, 4) is 0 Å². The molecule has 0 atom stereocenters. The summed E-state index contributed by atoms with van der Waals surface area (Å²) in [6, 6.07) is 0. The molecule has 86 valence electrons. The maximum atomic E-state index is 9.53. The number of carboxylic acid groups (broad SMARTS) is 1. The maximum Gasteiger partial charge on any atom is 0.537 e. The summed E-state index contributed by atoms with van der Waals surface area (Å²) in [5, 5.41) is 31.8. The summed E-state index contributed by atoms with van der Waals surface area (Å²) < 4.78 is 0. The van der Waals surface area contributed by atoms with Crippen LogP contribution in [0.3, 0.4) is 0 Å². The molecule has 0 spiro atoms. The lowest BCUT2D eigenvalue weighted by atomic mass is 10.4. The zero-order chi connectivity index (χ0) is 11.4. The number of hydrogen-bond donors (Lipinski definition) is 4. The van der Waals surface area contributed by atoms with Crippen molar-refractivity contribution >= 4 is 6.16 Å². The maximum absolute atomic E-state index is 9.53. The molecule has 0 heterocycles. The molecule has 14 heavy (non-hydrogen) atoms. The molecule has 0 saturated heterocycles. The molecular formula is C7H16O7. The van der Waals surface area contributed by atoms with Crippen molar-refractivity contribution in [3.05, 3.63) is 0 Å². The SMILES string of the molecule is CCCOOC(=O)O.OCC(O)CO. The van der Waals surface area contributed by atoms with Gasteiger partial charge in [0, 0.05) is 0 Å². The van der Waals surface area contributed by atoms with E-state index in [1.165, 1.54) is 0 Å². The Hall–Kier alpha value is -0.890. The second-order valence-electron chi connectivity index (χ2n) is 2.19. The van der Waals surface area contributed by atoms with E-state index in [-0.39, 0.29) is 13.2 Å². The van der Waals surface area contributed by atoms with E-state index in [9.17, 15) is 4.79 Å². The normalized spacial score (nSPS) is 9.21. The Labute approximate surface area is 81.4 Å². The quantitative estimate of drug-likeness (QED) is 0.272. The van der Waals surface area contributed by atoms with Crippen molar-refractivity contribution in [2.45, 2.75) is 19.4 Å². The van der Waals surface area contributed by atoms with Gasteiger partial charge in [0.2, 0.25) is 0 Å². The van der Waals surface area contributed by atoms with Crippen molar-refractivity contribution in [2.75, 3.05) is 19.8 Å². The van der Waals surface area contributed by atoms with Crippen LogP contribution in [-0.2, 0) is 9.78 Å². The number of aliphatic hydroxyl groups is 3. The minimum atomic E-state index is -1.40. The van der Waals surface area contributed by atoms with Crippen LogP contribution >= 0.6 is 0 Å². The van der Waals surface area contributed by atoms with E-state index in [0.717, 1.165) is 6.42 Å². The van der Waals surface area contributed by atoms with Gasteiger partial charge < -0.3 is 20.4 Å². The monoisotopic (exact) mass is 212 g/mol. The summed E-state index contributed by atoms with van der Waals surface area (Å²) >= 11 is 0. The highest BCUT2D eigenvalue weighted by molar-refractivity contribution is 5.55. The zero-order valence-electron chi connectivity index (χ0n) is 7.92. The largest absolute Gasteiger partial charge is 0.537 e. The highest BCUT2D eigenvalue weighted by atomic mass is 17.2. The van der Waals surface area contributed by atoms with Gasteiger partial charge in [-0.25, -0.2) is 4.79 Å². The number of carbonyl (C=O) groups is 1. The second kappa shape index (κ2) is 12.1. The molecule has 0 saturated carbocycles. The fourth-order valence-corrected chi connectivity index (χ4v) is 0.233. The molecule has 0 amide bonds. The van der Waals surface area contributed by atoms with Gasteiger partial charge in [-0.15, -0.1) is 0 Å². The Morgan fingerprint density at radius 1 is 1.36 bits per heavy atom. The summed E-state index contributed by atoms with van der Waals surface area (Å²) in [5.41, 5.74) is 0. The molecule has 0 bridgehead atoms. The van der Waals surface area contributed by atoms with Crippen molar-refractivity contribution in [2.24, 2.45) is 0 Å². The third-order valence-corrected chi connectivity index (χ3v) is 0.839. The number of rotatable bonds is 5. The van der Waals surface area contributed by atoms with Crippen LogP contribution in [0.25, 0.3) is 0 Å². The van der Waals surface area contributed by atoms with E-state index in [4.69, 9.17) is 20.4 Å². The van der Waals surface area contributed by atoms with Crippen molar-refractivity contribution in [3.63, 3.8) is 0 Å². The molecule has 0 aromatic rings. The third kappa shape index (κ3) is 17.3. The second-order valence-corrected chi connectivity index (χ2v) is 2.19. The van der Waals surface area contributed by atoms with Gasteiger partial charge in [0.1, 0.15) is 6.10 Å². The summed E-state index contributed by atoms with van der Waals surface area (Å²) in [4.78, 5) is 17.4. The van der Waals surface area contributed by atoms with E-state index in [1.54, 1.807) is 0 Å². The number of aliphatic hydroxyl groups excluding tert-OH is 3. The Bertz CT molecular complexity index is 123. The van der Waals surface area contributed by atoms with Gasteiger partial charge in [-0.3, -0.25) is 4.89 Å². The zero-order valence-corrected chi connectivity index (χ0v) is 7.92. The van der Waals surface area contributed by atoms with Crippen molar-refractivity contribution in [1.29, 1.82) is 0 Å². The molecule has 0 aromatic heterocycles. The lowest BCUT2D eigenvalue weighted by Gasteiger charge is -1.96. The first-order chi connectivity index (χ1) is 6.58. The average Bonchev–Trinajstić information content (AvgIpc) is 2.17. The molecule has 7 nitrogen and oxygen atoms in total. The molecule has 0 aliphatic rings. The minimum absolute atomic E-state index is 0.312. The van der Waals surface area contributed by atoms with Crippen LogP contribution in [0.5, 0.6) is 0 Å². The van der Waals surface area contributed by atoms with Gasteiger partial charge >= 0.3 is 6.16 Å². The van der Waals surface area contributed by atoms with E-state index >= 15 is 0 Å². The Morgan fingerprint density at radius 2 is 1.86 bits per heavy atom. The molecule has 0 radical (unpaired) electrons. The molecule has 0 aliphatic carbocycles. The molecule has 0 rings (SSSR count). The summed E-state index contributed by atoms with van der Waals surface area (Å²) in [6.07, 6.45) is -1.61. The van der Waals surface area contributed by atoms with E-state index in [0.29, 0.717) is 6.61 Å². The van der Waals surface area contributed by atoms with Crippen molar-refractivity contribution in [1.82, 2.24) is 0 Å². The van der Waals surface area contributed by atoms with Crippen LogP contribution in [-0.4, -0.2) is 52.5 Å². The molecule has 0 unspecified atom stereocenters. The lowest BCUT2D eigenvalue weighted by molar-refractivity contribution is -0.250. The molecule has 7 heteroatoms. The molecule has 0 aliphatic heterocycles. The van der Waals surface area contributed by atoms with E-state index in [2.05, 4.69) is 9.78 Å². The van der Waals surface area contributed by atoms with Crippen LogP contribution in [0.2, 0.25) is 0 Å². The van der Waals surface area contributed by atoms with Gasteiger partial charge in [0.15, 0.2) is 0 Å². The van der Waals surface area contributed by atoms with Gasteiger partial charge in [0.25, 0.3) is 0 Å². The van der Waals surface area contributed by atoms with E-state index in [1.807, 2.05) is 6.92 Å². The molecule has 4 N–H and O–H groups in total. The molecular weight excluding hydrogens is 196 g/mol. The van der Waals surface area contributed by atoms with Crippen LogP contribution in [0.15, 0.2) is 0 Å². The molecule has 0 fully saturated rings. The van der Waals surface area contributed by atoms with Crippen LogP contribution < -0.4 is 0 Å². The first-order valence-corrected chi connectivity index (χ1v) is 4.00. The number of hydrogen-bond acceptors (Lipinski definition) is 6. The van der Waals surface area contributed by atoms with Crippen LogP contribution in [0.1, 0.15) is 13.3 Å². The van der Waals surface area contributed by atoms with Gasteiger partial charge in [-0.2, -0.15) is 4.89 Å². The highest BCUT2D eigenvalue weighted by Gasteiger charge is 1.94. The average molecular weight is 212 g/mol. The Balaban J connectivity index is 0. The fourth-order valence-electron chi connectivity index (χ4n) is 0.233. The lowest BCUT2D eigenvalue weighted by Crippen LogP contribution is -2.15. The van der Waals surface area contributed by atoms with E-state index < -0.39 is 12.3 Å². The standard InChI is InChI=1S/C4H8O4.C3H8O3/c1-2-3-7-8-4(5)6;4-1-3(6)2-5/h2-3H2,1H3,(H,5,6);3-6H,1-2H2. The highest BCUT2D eigenvalue weighted by Crippen LogP contribution is 1.81. The summed E-state index contributed by atoms with van der Waals surface area (Å²) in [5.74, 6) is 0. The third-order valence-electron chi connectivity index (χ3n) is 0.839. The predicted molar refractivity (Wildman–Crippen MR) is 45.5 cm³/mol. The Morgan fingerprint density at radius 3 is 2.07 bits per heavy atom. The Kier molecular flexibility index (Phi) is 13.5. The summed E-state index contributed by atoms with van der Waals surface area (Å²) in [6.45, 7) is 1.44. The predicted octanol–water partition coefficient (Wildman–Crippen LogP) is -0.646. The van der Waals surface area contributed by atoms with Gasteiger partial charge in [-0.1, -0.05) is 6.92 Å². The minimum Gasteiger partial charge on any atom is -0.448 e. The van der Waals surface area contributed by atoms with Crippen LogP contribution in [0, 0.1) is 0 Å².